The van der Waals surface area contributed by atoms with Crippen LogP contribution in [0.4, 0.5) is 4.39 Å². The van der Waals surface area contributed by atoms with Crippen molar-refractivity contribution in [2.45, 2.75) is 25.4 Å². The summed E-state index contributed by atoms with van der Waals surface area (Å²) in [6.45, 7) is 1.48. The molecule has 0 saturated carbocycles. The Morgan fingerprint density at radius 3 is 2.83 bits per heavy atom. The molecular weight excluding hydrogens is 299 g/mol. The zero-order chi connectivity index (χ0) is 16.8. The number of ether oxygens (including phenoxy) is 1. The van der Waals surface area contributed by atoms with Gasteiger partial charge in [-0.15, -0.1) is 0 Å². The van der Waals surface area contributed by atoms with E-state index in [-0.39, 0.29) is 36.6 Å². The maximum Gasteiger partial charge on any atom is 0.223 e. The number of amides is 2. The van der Waals surface area contributed by atoms with Crippen LogP contribution in [0.25, 0.3) is 0 Å². The molecule has 0 spiro atoms. The fourth-order valence-electron chi connectivity index (χ4n) is 2.59. The molecule has 23 heavy (non-hydrogen) atoms. The average molecular weight is 322 g/mol. The lowest BCUT2D eigenvalue weighted by molar-refractivity contribution is -0.141. The van der Waals surface area contributed by atoms with E-state index >= 15 is 0 Å². The van der Waals surface area contributed by atoms with E-state index in [1.807, 2.05) is 6.07 Å². The van der Waals surface area contributed by atoms with Crippen molar-refractivity contribution in [1.82, 2.24) is 9.80 Å². The summed E-state index contributed by atoms with van der Waals surface area (Å²) in [5.74, 6) is -0.357. The van der Waals surface area contributed by atoms with Crippen LogP contribution in [0.3, 0.4) is 0 Å². The molecule has 0 N–H and O–H groups in total. The lowest BCUT2D eigenvalue weighted by Gasteiger charge is -2.33. The zero-order valence-corrected chi connectivity index (χ0v) is 13.6. The van der Waals surface area contributed by atoms with Gasteiger partial charge in [0.05, 0.1) is 12.7 Å². The standard InChI is InChI=1S/C17H23FN2O3/c1-19(2)16(21)6-7-17(22)20-8-9-23-15(12-20)11-13-4-3-5-14(18)10-13/h3-5,10,15H,6-9,11-12H2,1-2H3/t15-/m0/s1. The summed E-state index contributed by atoms with van der Waals surface area (Å²) in [5.41, 5.74) is 0.854. The van der Waals surface area contributed by atoms with E-state index in [2.05, 4.69) is 0 Å². The smallest absolute Gasteiger partial charge is 0.223 e. The van der Waals surface area contributed by atoms with Gasteiger partial charge in [0.1, 0.15) is 5.82 Å². The van der Waals surface area contributed by atoms with Gasteiger partial charge in [-0.2, -0.15) is 0 Å². The Labute approximate surface area is 136 Å². The number of carbonyl (C=O) groups excluding carboxylic acids is 2. The molecule has 1 aliphatic heterocycles. The topological polar surface area (TPSA) is 49.9 Å². The third-order valence-electron chi connectivity index (χ3n) is 3.90. The van der Waals surface area contributed by atoms with Crippen LogP contribution in [-0.2, 0) is 20.7 Å². The van der Waals surface area contributed by atoms with E-state index in [9.17, 15) is 14.0 Å². The Balaban J connectivity index is 1.85. The van der Waals surface area contributed by atoms with E-state index in [4.69, 9.17) is 4.74 Å². The number of halogens is 1. The minimum atomic E-state index is -0.270. The highest BCUT2D eigenvalue weighted by Crippen LogP contribution is 2.14. The molecule has 1 aliphatic rings. The first-order valence-corrected chi connectivity index (χ1v) is 7.79. The van der Waals surface area contributed by atoms with Crippen LogP contribution in [0.5, 0.6) is 0 Å². The highest BCUT2D eigenvalue weighted by Gasteiger charge is 2.24. The highest BCUT2D eigenvalue weighted by atomic mass is 19.1. The van der Waals surface area contributed by atoms with Crippen molar-refractivity contribution in [3.05, 3.63) is 35.6 Å². The van der Waals surface area contributed by atoms with Crippen LogP contribution in [0, 0.1) is 5.82 Å². The molecule has 6 heteroatoms. The Bertz CT molecular complexity index is 563. The summed E-state index contributed by atoms with van der Waals surface area (Å²) in [7, 11) is 3.35. The van der Waals surface area contributed by atoms with Gasteiger partial charge in [-0.1, -0.05) is 12.1 Å². The first-order chi connectivity index (χ1) is 11.0. The summed E-state index contributed by atoms with van der Waals surface area (Å²) in [5, 5.41) is 0. The molecule has 0 aromatic heterocycles. The summed E-state index contributed by atoms with van der Waals surface area (Å²) >= 11 is 0. The molecule has 1 atom stereocenters. The molecule has 1 heterocycles. The van der Waals surface area contributed by atoms with Gasteiger partial charge in [-0.25, -0.2) is 4.39 Å². The van der Waals surface area contributed by atoms with Crippen molar-refractivity contribution in [3.63, 3.8) is 0 Å². The van der Waals surface area contributed by atoms with Gasteiger partial charge in [0, 0.05) is 46.4 Å². The predicted octanol–water partition coefficient (Wildman–Crippen LogP) is 1.46. The van der Waals surface area contributed by atoms with E-state index in [1.165, 1.54) is 17.0 Å². The van der Waals surface area contributed by atoms with Gasteiger partial charge < -0.3 is 14.5 Å². The quantitative estimate of drug-likeness (QED) is 0.825. The van der Waals surface area contributed by atoms with Crippen molar-refractivity contribution >= 4 is 11.8 Å². The van der Waals surface area contributed by atoms with Crippen molar-refractivity contribution in [1.29, 1.82) is 0 Å². The normalized spacial score (nSPS) is 17.9. The highest BCUT2D eigenvalue weighted by molar-refractivity contribution is 5.83. The van der Waals surface area contributed by atoms with Gasteiger partial charge in [0.2, 0.25) is 11.8 Å². The van der Waals surface area contributed by atoms with E-state index in [1.54, 1.807) is 25.1 Å². The Kier molecular flexibility index (Phi) is 6.10. The molecule has 0 unspecified atom stereocenters. The minimum absolute atomic E-state index is 0.0345. The number of hydrogen-bond acceptors (Lipinski definition) is 3. The second-order valence-corrected chi connectivity index (χ2v) is 5.95. The largest absolute Gasteiger partial charge is 0.374 e. The third kappa shape index (κ3) is 5.32. The Morgan fingerprint density at radius 1 is 1.35 bits per heavy atom. The number of rotatable bonds is 5. The number of hydrogen-bond donors (Lipinski definition) is 0. The van der Waals surface area contributed by atoms with Crippen LogP contribution in [-0.4, -0.2) is 61.5 Å². The molecule has 1 aromatic rings. The summed E-state index contributed by atoms with van der Waals surface area (Å²) in [6.07, 6.45) is 0.860. The summed E-state index contributed by atoms with van der Waals surface area (Å²) < 4.78 is 18.9. The van der Waals surface area contributed by atoms with Crippen LogP contribution in [0.15, 0.2) is 24.3 Å². The average Bonchev–Trinajstić information content (AvgIpc) is 2.52. The van der Waals surface area contributed by atoms with Gasteiger partial charge >= 0.3 is 0 Å². The molecule has 1 aromatic carbocycles. The number of morpholine rings is 1. The van der Waals surface area contributed by atoms with Crippen LogP contribution in [0.1, 0.15) is 18.4 Å². The first kappa shape index (κ1) is 17.4. The molecule has 0 bridgehead atoms. The predicted molar refractivity (Wildman–Crippen MR) is 84.4 cm³/mol. The van der Waals surface area contributed by atoms with Crippen LogP contribution < -0.4 is 0 Å². The SMILES string of the molecule is CN(C)C(=O)CCC(=O)N1CCO[C@@H](Cc2cccc(F)c2)C1. The molecule has 5 nitrogen and oxygen atoms in total. The Morgan fingerprint density at radius 2 is 2.13 bits per heavy atom. The number of benzene rings is 1. The number of nitrogens with zero attached hydrogens (tertiary/aromatic N) is 2. The summed E-state index contributed by atoms with van der Waals surface area (Å²) in [4.78, 5) is 27.0. The zero-order valence-electron chi connectivity index (χ0n) is 13.6. The monoisotopic (exact) mass is 322 g/mol. The molecule has 2 amide bonds. The minimum Gasteiger partial charge on any atom is -0.374 e. The fraction of sp³-hybridized carbons (Fsp3) is 0.529. The first-order valence-electron chi connectivity index (χ1n) is 7.79. The second-order valence-electron chi connectivity index (χ2n) is 5.95. The molecule has 1 saturated heterocycles. The van der Waals surface area contributed by atoms with Crippen LogP contribution >= 0.6 is 0 Å². The summed E-state index contributed by atoms with van der Waals surface area (Å²) in [6, 6.07) is 6.41. The van der Waals surface area contributed by atoms with Crippen LogP contribution in [0.2, 0.25) is 0 Å². The molecule has 0 radical (unpaired) electrons. The van der Waals surface area contributed by atoms with E-state index in [0.29, 0.717) is 26.1 Å². The van der Waals surface area contributed by atoms with Crippen molar-refractivity contribution in [3.8, 4) is 0 Å². The third-order valence-corrected chi connectivity index (χ3v) is 3.90. The van der Waals surface area contributed by atoms with Gasteiger partial charge in [-0.05, 0) is 17.7 Å². The molecule has 1 fully saturated rings. The van der Waals surface area contributed by atoms with Gasteiger partial charge in [-0.3, -0.25) is 9.59 Å². The van der Waals surface area contributed by atoms with Crippen molar-refractivity contribution in [2.24, 2.45) is 0 Å². The molecule has 0 aliphatic carbocycles. The number of carbonyl (C=O) groups is 2. The molecule has 2 rings (SSSR count). The molecule has 126 valence electrons. The van der Waals surface area contributed by atoms with E-state index < -0.39 is 0 Å². The maximum absolute atomic E-state index is 13.2. The van der Waals surface area contributed by atoms with Crippen molar-refractivity contribution in [2.75, 3.05) is 33.8 Å². The second kappa shape index (κ2) is 8.06. The van der Waals surface area contributed by atoms with Gasteiger partial charge in [0.15, 0.2) is 0 Å². The maximum atomic E-state index is 13.2. The lowest BCUT2D eigenvalue weighted by Crippen LogP contribution is -2.46. The fourth-order valence-corrected chi connectivity index (χ4v) is 2.59. The molecular formula is C17H23FN2O3. The van der Waals surface area contributed by atoms with E-state index in [0.717, 1.165) is 5.56 Å². The lowest BCUT2D eigenvalue weighted by atomic mass is 10.1. The van der Waals surface area contributed by atoms with Crippen molar-refractivity contribution < 1.29 is 18.7 Å². The Hall–Kier alpha value is -1.95. The van der Waals surface area contributed by atoms with Gasteiger partial charge in [0.25, 0.3) is 0 Å².